The minimum absolute atomic E-state index is 0.137. The van der Waals surface area contributed by atoms with Gasteiger partial charge >= 0.3 is 17.6 Å². The highest BCUT2D eigenvalue weighted by Crippen LogP contribution is 2.36. The van der Waals surface area contributed by atoms with Crippen molar-refractivity contribution in [3.8, 4) is 0 Å². The van der Waals surface area contributed by atoms with Crippen LogP contribution < -0.4 is 11.2 Å². The number of hydrogen-bond donors (Lipinski definition) is 1. The molecule has 10 heteroatoms. The van der Waals surface area contributed by atoms with E-state index in [0.29, 0.717) is 0 Å². The Labute approximate surface area is 192 Å². The summed E-state index contributed by atoms with van der Waals surface area (Å²) in [7, 11) is 0. The number of carbonyl (C=O) groups is 2. The van der Waals surface area contributed by atoms with Crippen LogP contribution in [0.1, 0.15) is 32.5 Å². The van der Waals surface area contributed by atoms with Crippen LogP contribution >= 0.6 is 0 Å². The first kappa shape index (κ1) is 22.9. The molecule has 2 atom stereocenters. The Kier molecular flexibility index (Phi) is 6.51. The summed E-state index contributed by atoms with van der Waals surface area (Å²) in [5, 5.41) is 0. The van der Waals surface area contributed by atoms with Crippen molar-refractivity contribution in [3.05, 3.63) is 116 Å². The number of rotatable bonds is 6. The van der Waals surface area contributed by atoms with Gasteiger partial charge in [-0.2, -0.15) is 0 Å². The van der Waals surface area contributed by atoms with E-state index in [1.165, 1.54) is 31.2 Å². The third-order valence-corrected chi connectivity index (χ3v) is 5.02. The van der Waals surface area contributed by atoms with E-state index in [2.05, 4.69) is 4.98 Å². The van der Waals surface area contributed by atoms with Crippen molar-refractivity contribution in [2.75, 3.05) is 6.61 Å². The van der Waals surface area contributed by atoms with Gasteiger partial charge in [0.15, 0.2) is 23.9 Å². The molecule has 9 nitrogen and oxygen atoms in total. The fourth-order valence-corrected chi connectivity index (χ4v) is 3.27. The summed E-state index contributed by atoms with van der Waals surface area (Å²) in [6.45, 7) is 0.937. The van der Waals surface area contributed by atoms with Crippen LogP contribution in [0.15, 0.2) is 88.0 Å². The zero-order chi connectivity index (χ0) is 24.2. The molecule has 4 rings (SSSR count). The van der Waals surface area contributed by atoms with Crippen molar-refractivity contribution in [1.29, 1.82) is 0 Å². The zero-order valence-electron chi connectivity index (χ0n) is 17.9. The Morgan fingerprint density at radius 2 is 1.59 bits per heavy atom. The highest BCUT2D eigenvalue weighted by Gasteiger charge is 2.41. The van der Waals surface area contributed by atoms with Crippen molar-refractivity contribution < 1.29 is 28.2 Å². The second-order valence-electron chi connectivity index (χ2n) is 7.39. The average Bonchev–Trinajstić information content (AvgIpc) is 3.15. The summed E-state index contributed by atoms with van der Waals surface area (Å²) in [4.78, 5) is 50.9. The molecule has 0 saturated heterocycles. The first-order chi connectivity index (χ1) is 16.3. The van der Waals surface area contributed by atoms with Crippen molar-refractivity contribution in [2.24, 2.45) is 0 Å². The number of hydrogen-bond acceptors (Lipinski definition) is 7. The lowest BCUT2D eigenvalue weighted by atomic mass is 10.2. The summed E-state index contributed by atoms with van der Waals surface area (Å²) < 4.78 is 32.3. The number of nitrogens with one attached hydrogen (secondary N) is 1. The van der Waals surface area contributed by atoms with E-state index in [9.17, 15) is 19.2 Å². The summed E-state index contributed by atoms with van der Waals surface area (Å²) >= 11 is 0. The number of carbonyl (C=O) groups excluding carboxylic acids is 2. The molecule has 34 heavy (non-hydrogen) atoms. The minimum Gasteiger partial charge on any atom is -0.459 e. The standard InChI is InChI=1S/C24H19FN2O7/c1-14-12-27(24(31)26-20(14)28)21-18(25)19(34-23(30)16-10-6-3-7-11-16)17(33-21)13-32-22(29)15-8-4-2-5-9-15/h2-12,17,21H,13H2,1H3,(H,26,28,31)/t17?,21-/m0/s1. The molecule has 0 saturated carbocycles. The highest BCUT2D eigenvalue weighted by atomic mass is 19.1. The number of aromatic nitrogens is 2. The monoisotopic (exact) mass is 466 g/mol. The quantitative estimate of drug-likeness (QED) is 0.555. The molecule has 2 heterocycles. The number of benzene rings is 2. The van der Waals surface area contributed by atoms with Gasteiger partial charge in [-0.3, -0.25) is 14.3 Å². The molecule has 0 spiro atoms. The van der Waals surface area contributed by atoms with E-state index >= 15 is 4.39 Å². The number of ether oxygens (including phenoxy) is 3. The van der Waals surface area contributed by atoms with E-state index in [1.54, 1.807) is 36.4 Å². The predicted octanol–water partition coefficient (Wildman–Crippen LogP) is 2.64. The Bertz CT molecular complexity index is 1360. The van der Waals surface area contributed by atoms with Crippen molar-refractivity contribution in [2.45, 2.75) is 19.3 Å². The normalized spacial score (nSPS) is 17.5. The third-order valence-electron chi connectivity index (χ3n) is 5.02. The van der Waals surface area contributed by atoms with Crippen LogP contribution in [0.25, 0.3) is 0 Å². The Morgan fingerprint density at radius 3 is 2.21 bits per heavy atom. The second kappa shape index (κ2) is 9.67. The maximum absolute atomic E-state index is 15.4. The smallest absolute Gasteiger partial charge is 0.343 e. The van der Waals surface area contributed by atoms with Gasteiger partial charge in [-0.05, 0) is 31.2 Å². The largest absolute Gasteiger partial charge is 0.459 e. The zero-order valence-corrected chi connectivity index (χ0v) is 17.9. The molecule has 0 fully saturated rings. The molecule has 3 aromatic rings. The summed E-state index contributed by atoms with van der Waals surface area (Å²) in [5.74, 6) is -3.16. The molecule has 0 bridgehead atoms. The van der Waals surface area contributed by atoms with Crippen molar-refractivity contribution in [1.82, 2.24) is 9.55 Å². The lowest BCUT2D eigenvalue weighted by Gasteiger charge is -2.17. The van der Waals surface area contributed by atoms with Crippen LogP contribution in [0, 0.1) is 6.92 Å². The van der Waals surface area contributed by atoms with Gasteiger partial charge in [0.2, 0.25) is 0 Å². The summed E-state index contributed by atoms with van der Waals surface area (Å²) in [6, 6.07) is 16.0. The molecule has 1 aliphatic heterocycles. The van der Waals surface area contributed by atoms with E-state index in [-0.39, 0.29) is 16.7 Å². The Hall–Kier alpha value is -4.31. The van der Waals surface area contributed by atoms with Gasteiger partial charge in [-0.1, -0.05) is 36.4 Å². The maximum Gasteiger partial charge on any atom is 0.343 e. The number of aromatic amines is 1. The fraction of sp³-hybridized carbons (Fsp3) is 0.167. The SMILES string of the molecule is Cc1cn([C@H]2OC(COC(=O)c3ccccc3)C(OC(=O)c3ccccc3)=C2F)c(=O)[nH]c1=O. The second-order valence-corrected chi connectivity index (χ2v) is 7.39. The molecule has 1 unspecified atom stereocenters. The molecular weight excluding hydrogens is 447 g/mol. The van der Waals surface area contributed by atoms with E-state index in [0.717, 1.165) is 10.8 Å². The van der Waals surface area contributed by atoms with Gasteiger partial charge in [-0.15, -0.1) is 0 Å². The summed E-state index contributed by atoms with van der Waals surface area (Å²) in [5.41, 5.74) is -1.00. The van der Waals surface area contributed by atoms with Crippen molar-refractivity contribution >= 4 is 11.9 Å². The Morgan fingerprint density at radius 1 is 1.00 bits per heavy atom. The number of aryl methyl sites for hydroxylation is 1. The fourth-order valence-electron chi connectivity index (χ4n) is 3.27. The molecule has 1 aromatic heterocycles. The number of H-pyrrole nitrogens is 1. The van der Waals surface area contributed by atoms with E-state index < -0.39 is 53.7 Å². The van der Waals surface area contributed by atoms with Crippen LogP contribution in [-0.4, -0.2) is 34.2 Å². The van der Waals surface area contributed by atoms with Gasteiger partial charge < -0.3 is 14.2 Å². The molecule has 0 amide bonds. The number of esters is 2. The van der Waals surface area contributed by atoms with Crippen LogP contribution in [0.2, 0.25) is 0 Å². The van der Waals surface area contributed by atoms with Crippen molar-refractivity contribution in [3.63, 3.8) is 0 Å². The van der Waals surface area contributed by atoms with E-state index in [4.69, 9.17) is 14.2 Å². The van der Waals surface area contributed by atoms with E-state index in [1.807, 2.05) is 0 Å². The molecule has 0 radical (unpaired) electrons. The summed E-state index contributed by atoms with van der Waals surface area (Å²) in [6.07, 6.45) is -1.84. The van der Waals surface area contributed by atoms with Gasteiger partial charge in [0.05, 0.1) is 11.1 Å². The van der Waals surface area contributed by atoms with Crippen LogP contribution in [0.5, 0.6) is 0 Å². The lowest BCUT2D eigenvalue weighted by Crippen LogP contribution is -2.34. The average molecular weight is 466 g/mol. The van der Waals surface area contributed by atoms with Gasteiger partial charge in [0.1, 0.15) is 6.61 Å². The maximum atomic E-state index is 15.4. The van der Waals surface area contributed by atoms with Crippen LogP contribution in [0.4, 0.5) is 4.39 Å². The highest BCUT2D eigenvalue weighted by molar-refractivity contribution is 5.90. The molecule has 0 aliphatic carbocycles. The topological polar surface area (TPSA) is 117 Å². The molecular formula is C24H19FN2O7. The van der Waals surface area contributed by atoms with Gasteiger partial charge in [0, 0.05) is 11.8 Å². The Balaban J connectivity index is 1.63. The van der Waals surface area contributed by atoms with Crippen LogP contribution in [0.3, 0.4) is 0 Å². The molecule has 1 aliphatic rings. The predicted molar refractivity (Wildman–Crippen MR) is 117 cm³/mol. The minimum atomic E-state index is -1.64. The third kappa shape index (κ3) is 4.71. The van der Waals surface area contributed by atoms with Gasteiger partial charge in [-0.25, -0.2) is 18.8 Å². The molecule has 1 N–H and O–H groups in total. The number of halogens is 1. The molecule has 174 valence electrons. The first-order valence-electron chi connectivity index (χ1n) is 10.2. The van der Waals surface area contributed by atoms with Crippen LogP contribution in [-0.2, 0) is 14.2 Å². The number of nitrogens with zero attached hydrogens (tertiary/aromatic N) is 1. The first-order valence-corrected chi connectivity index (χ1v) is 10.2. The molecule has 2 aromatic carbocycles. The lowest BCUT2D eigenvalue weighted by molar-refractivity contribution is -0.0428. The van der Waals surface area contributed by atoms with Gasteiger partial charge in [0.25, 0.3) is 5.56 Å².